The van der Waals surface area contributed by atoms with E-state index in [0.29, 0.717) is 8.96 Å². The van der Waals surface area contributed by atoms with E-state index < -0.39 is 5.97 Å². The number of carboxylic acid groups (broad SMARTS) is 1. The van der Waals surface area contributed by atoms with Crippen molar-refractivity contribution in [3.05, 3.63) is 26.6 Å². The largest absolute Gasteiger partial charge is 0.506 e. The molecule has 2 rings (SSSR count). The summed E-state index contributed by atoms with van der Waals surface area (Å²) < 4.78 is 1.18. The van der Waals surface area contributed by atoms with Crippen molar-refractivity contribution in [2.24, 2.45) is 0 Å². The molecule has 1 aromatic heterocycles. The minimum absolute atomic E-state index is 0.0572. The molecule has 0 amide bonds. The van der Waals surface area contributed by atoms with E-state index in [1.54, 1.807) is 12.1 Å². The van der Waals surface area contributed by atoms with Crippen LogP contribution >= 0.6 is 33.9 Å². The zero-order valence-electron chi connectivity index (χ0n) is 6.82. The fourth-order valence-electron chi connectivity index (χ4n) is 1.22. The molecule has 0 unspecified atom stereocenters. The molecule has 0 aliphatic rings. The first-order valence-corrected chi connectivity index (χ1v) is 5.69. The summed E-state index contributed by atoms with van der Waals surface area (Å²) >= 11 is 3.25. The highest BCUT2D eigenvalue weighted by atomic mass is 127. The third-order valence-electron chi connectivity index (χ3n) is 1.90. The van der Waals surface area contributed by atoms with Crippen LogP contribution in [0, 0.1) is 3.57 Å². The Balaban J connectivity index is 2.87. The predicted molar refractivity (Wildman–Crippen MR) is 63.2 cm³/mol. The van der Waals surface area contributed by atoms with Gasteiger partial charge in [-0.05, 0) is 40.1 Å². The Labute approximate surface area is 97.1 Å². The van der Waals surface area contributed by atoms with E-state index in [1.807, 2.05) is 28.0 Å². The molecule has 2 N–H and O–H groups in total. The van der Waals surface area contributed by atoms with E-state index in [0.717, 1.165) is 4.70 Å². The molecule has 0 aliphatic carbocycles. The molecule has 1 heterocycles. The third kappa shape index (κ3) is 1.36. The number of hydrogen-bond donors (Lipinski definition) is 2. The van der Waals surface area contributed by atoms with Crippen LogP contribution in [0.5, 0.6) is 5.75 Å². The number of fused-ring (bicyclic) bond motifs is 1. The number of halogens is 1. The molecule has 0 saturated heterocycles. The zero-order valence-corrected chi connectivity index (χ0v) is 9.79. The molecule has 0 radical (unpaired) electrons. The highest BCUT2D eigenvalue weighted by molar-refractivity contribution is 14.1. The first-order chi connectivity index (χ1) is 6.61. The minimum atomic E-state index is -1.01. The number of thiophene rings is 1. The average Bonchev–Trinajstić information content (AvgIpc) is 2.58. The molecule has 0 spiro atoms. The number of hydrogen-bond acceptors (Lipinski definition) is 3. The molecular formula is C9H5IO3S. The van der Waals surface area contributed by atoms with Gasteiger partial charge in [0.2, 0.25) is 0 Å². The van der Waals surface area contributed by atoms with Gasteiger partial charge in [-0.2, -0.15) is 0 Å². The second kappa shape index (κ2) is 3.39. The molecule has 0 atom stereocenters. The number of carboxylic acids is 1. The quantitative estimate of drug-likeness (QED) is 0.795. The Hall–Kier alpha value is -0.820. The van der Waals surface area contributed by atoms with Crippen molar-refractivity contribution in [1.29, 1.82) is 0 Å². The molecule has 72 valence electrons. The van der Waals surface area contributed by atoms with Crippen molar-refractivity contribution in [3.8, 4) is 5.75 Å². The molecule has 0 bridgehead atoms. The molecule has 1 aromatic carbocycles. The lowest BCUT2D eigenvalue weighted by Crippen LogP contribution is -1.99. The van der Waals surface area contributed by atoms with Crippen LogP contribution in [0.25, 0.3) is 10.1 Å². The van der Waals surface area contributed by atoms with Crippen LogP contribution in [0.3, 0.4) is 0 Å². The van der Waals surface area contributed by atoms with Gasteiger partial charge in [-0.1, -0.05) is 0 Å². The Morgan fingerprint density at radius 2 is 2.21 bits per heavy atom. The van der Waals surface area contributed by atoms with Crippen molar-refractivity contribution >= 4 is 50.0 Å². The van der Waals surface area contributed by atoms with Crippen LogP contribution in [0.2, 0.25) is 0 Å². The first-order valence-electron chi connectivity index (χ1n) is 3.73. The standard InChI is InChI=1S/C9H5IO3S/c10-7-5(9(12)13)3-6-4(8(7)11)1-2-14-6/h1-3,11H,(H,12,13). The second-order valence-corrected chi connectivity index (χ2v) is 4.75. The van der Waals surface area contributed by atoms with Gasteiger partial charge >= 0.3 is 5.97 Å². The summed E-state index contributed by atoms with van der Waals surface area (Å²) in [5.74, 6) is -0.957. The van der Waals surface area contributed by atoms with Crippen molar-refractivity contribution in [3.63, 3.8) is 0 Å². The Kier molecular flexibility index (Phi) is 2.36. The summed E-state index contributed by atoms with van der Waals surface area (Å²) in [6.45, 7) is 0. The SMILES string of the molecule is O=C(O)c1cc2sccc2c(O)c1I. The molecule has 0 saturated carbocycles. The Bertz CT molecular complexity index is 518. The number of phenols is 1. The molecule has 3 nitrogen and oxygen atoms in total. The van der Waals surface area contributed by atoms with E-state index in [4.69, 9.17) is 5.11 Å². The van der Waals surface area contributed by atoms with Crippen LogP contribution in [0.1, 0.15) is 10.4 Å². The summed E-state index contributed by atoms with van der Waals surface area (Å²) in [5, 5.41) is 21.1. The van der Waals surface area contributed by atoms with Crippen LogP contribution in [0.15, 0.2) is 17.5 Å². The number of rotatable bonds is 1. The summed E-state index contributed by atoms with van der Waals surface area (Å²) in [4.78, 5) is 10.8. The number of aromatic carboxylic acids is 1. The highest BCUT2D eigenvalue weighted by Crippen LogP contribution is 2.35. The molecule has 5 heteroatoms. The van der Waals surface area contributed by atoms with Gasteiger partial charge in [0, 0.05) is 10.1 Å². The second-order valence-electron chi connectivity index (χ2n) is 2.72. The number of carbonyl (C=O) groups is 1. The molecule has 14 heavy (non-hydrogen) atoms. The van der Waals surface area contributed by atoms with Crippen LogP contribution in [-0.2, 0) is 0 Å². The van der Waals surface area contributed by atoms with Crippen molar-refractivity contribution < 1.29 is 15.0 Å². The molecule has 0 fully saturated rings. The van der Waals surface area contributed by atoms with Gasteiger partial charge < -0.3 is 10.2 Å². The lowest BCUT2D eigenvalue weighted by Gasteiger charge is -2.03. The fourth-order valence-corrected chi connectivity index (χ4v) is 2.73. The Morgan fingerprint density at radius 3 is 2.86 bits per heavy atom. The van der Waals surface area contributed by atoms with Gasteiger partial charge in [-0.3, -0.25) is 0 Å². The van der Waals surface area contributed by atoms with Gasteiger partial charge in [0.05, 0.1) is 9.13 Å². The maximum Gasteiger partial charge on any atom is 0.336 e. The number of phenolic OH excluding ortho intramolecular Hbond substituents is 1. The summed E-state index contributed by atoms with van der Waals surface area (Å²) in [6.07, 6.45) is 0. The van der Waals surface area contributed by atoms with Crippen molar-refractivity contribution in [2.75, 3.05) is 0 Å². The van der Waals surface area contributed by atoms with Crippen molar-refractivity contribution in [1.82, 2.24) is 0 Å². The van der Waals surface area contributed by atoms with Crippen molar-refractivity contribution in [2.45, 2.75) is 0 Å². The molecule has 2 aromatic rings. The van der Waals surface area contributed by atoms with E-state index in [1.165, 1.54) is 11.3 Å². The van der Waals surface area contributed by atoms with E-state index in [9.17, 15) is 9.90 Å². The number of benzene rings is 1. The molecular weight excluding hydrogens is 315 g/mol. The van der Waals surface area contributed by atoms with E-state index >= 15 is 0 Å². The maximum atomic E-state index is 10.8. The van der Waals surface area contributed by atoms with E-state index in [-0.39, 0.29) is 11.3 Å². The maximum absolute atomic E-state index is 10.8. The zero-order chi connectivity index (χ0) is 10.3. The monoisotopic (exact) mass is 320 g/mol. The highest BCUT2D eigenvalue weighted by Gasteiger charge is 2.15. The van der Waals surface area contributed by atoms with Crippen LogP contribution in [0.4, 0.5) is 0 Å². The fraction of sp³-hybridized carbons (Fsp3) is 0. The van der Waals surface area contributed by atoms with E-state index in [2.05, 4.69) is 0 Å². The van der Waals surface area contributed by atoms with Gasteiger partial charge in [0.1, 0.15) is 5.75 Å². The summed E-state index contributed by atoms with van der Waals surface area (Å²) in [5.41, 5.74) is 0.151. The summed E-state index contributed by atoms with van der Waals surface area (Å²) in [7, 11) is 0. The Morgan fingerprint density at radius 1 is 1.50 bits per heavy atom. The molecule has 0 aliphatic heterocycles. The van der Waals surface area contributed by atoms with Gasteiger partial charge in [0.25, 0.3) is 0 Å². The minimum Gasteiger partial charge on any atom is -0.506 e. The lowest BCUT2D eigenvalue weighted by atomic mass is 10.1. The smallest absolute Gasteiger partial charge is 0.336 e. The average molecular weight is 320 g/mol. The van der Waals surface area contributed by atoms with Crippen LogP contribution < -0.4 is 0 Å². The third-order valence-corrected chi connectivity index (χ3v) is 3.86. The first kappa shape index (κ1) is 9.72. The normalized spacial score (nSPS) is 10.6. The lowest BCUT2D eigenvalue weighted by molar-refractivity contribution is 0.0695. The van der Waals surface area contributed by atoms with Gasteiger partial charge in [-0.15, -0.1) is 11.3 Å². The number of aromatic hydroxyl groups is 1. The van der Waals surface area contributed by atoms with Crippen LogP contribution in [-0.4, -0.2) is 16.2 Å². The predicted octanol–water partition coefficient (Wildman–Crippen LogP) is 2.91. The van der Waals surface area contributed by atoms with Gasteiger partial charge in [-0.25, -0.2) is 4.79 Å². The topological polar surface area (TPSA) is 57.5 Å². The summed E-state index contributed by atoms with van der Waals surface area (Å²) in [6, 6.07) is 3.37. The van der Waals surface area contributed by atoms with Gasteiger partial charge in [0.15, 0.2) is 0 Å².